The fraction of sp³-hybridized carbons (Fsp3) is 0.182. The van der Waals surface area contributed by atoms with Crippen molar-refractivity contribution in [2.75, 3.05) is 0 Å². The van der Waals surface area contributed by atoms with Crippen LogP contribution in [0.4, 0.5) is 0 Å². The lowest BCUT2D eigenvalue weighted by Gasteiger charge is -2.00. The molecule has 7 heteroatoms. The minimum atomic E-state index is -0.206. The van der Waals surface area contributed by atoms with E-state index in [9.17, 15) is 5.11 Å². The van der Waals surface area contributed by atoms with Crippen LogP contribution in [0.25, 0.3) is 16.1 Å². The number of hydrogen-bond donors (Lipinski definition) is 2. The number of fused-ring (bicyclic) bond motifs is 1. The van der Waals surface area contributed by atoms with Crippen LogP contribution >= 0.6 is 24.0 Å². The van der Waals surface area contributed by atoms with E-state index in [1.165, 1.54) is 15.6 Å². The molecule has 0 aliphatic rings. The summed E-state index contributed by atoms with van der Waals surface area (Å²) in [6.45, 7) is 4.13. The molecule has 0 atom stereocenters. The summed E-state index contributed by atoms with van der Waals surface area (Å²) in [5.41, 5.74) is 3.89. The van der Waals surface area contributed by atoms with Crippen molar-refractivity contribution in [1.82, 2.24) is 19.6 Å². The van der Waals surface area contributed by atoms with Gasteiger partial charge in [0.2, 0.25) is 0 Å². The Labute approximate surface area is 113 Å². The first-order valence-electron chi connectivity index (χ1n) is 5.26. The van der Waals surface area contributed by atoms with Crippen LogP contribution in [0.3, 0.4) is 0 Å². The Bertz CT molecular complexity index is 747. The Balaban J connectivity index is 2.34. The van der Waals surface area contributed by atoms with Crippen LogP contribution < -0.4 is 0 Å². The molecule has 0 saturated heterocycles. The van der Waals surface area contributed by atoms with Crippen molar-refractivity contribution < 1.29 is 5.11 Å². The van der Waals surface area contributed by atoms with Gasteiger partial charge in [-0.2, -0.15) is 14.6 Å². The maximum absolute atomic E-state index is 9.69. The average Bonchev–Trinajstić information content (AvgIpc) is 2.85. The van der Waals surface area contributed by atoms with Gasteiger partial charge >= 0.3 is 6.01 Å². The molecule has 3 heterocycles. The second-order valence-electron chi connectivity index (χ2n) is 3.99. The zero-order valence-electron chi connectivity index (χ0n) is 9.75. The molecular weight excluding hydrogens is 268 g/mol. The summed E-state index contributed by atoms with van der Waals surface area (Å²) in [6.07, 6.45) is 1.69. The summed E-state index contributed by atoms with van der Waals surface area (Å²) < 4.78 is 1.31. The van der Waals surface area contributed by atoms with Gasteiger partial charge in [-0.05, 0) is 30.4 Å². The van der Waals surface area contributed by atoms with Crippen molar-refractivity contribution in [2.45, 2.75) is 19.0 Å². The van der Waals surface area contributed by atoms with E-state index in [0.29, 0.717) is 5.65 Å². The van der Waals surface area contributed by atoms with Gasteiger partial charge in [0.1, 0.15) is 0 Å². The molecule has 3 aromatic rings. The molecule has 0 aromatic carbocycles. The van der Waals surface area contributed by atoms with E-state index >= 15 is 0 Å². The molecule has 0 aliphatic carbocycles. The van der Waals surface area contributed by atoms with Gasteiger partial charge in [-0.1, -0.05) is 0 Å². The van der Waals surface area contributed by atoms with Crippen LogP contribution in [0.5, 0.6) is 6.01 Å². The number of aryl methyl sites for hydroxylation is 1. The number of aromatic hydroxyl groups is 1. The minimum absolute atomic E-state index is 0.206. The highest BCUT2D eigenvalue weighted by Gasteiger charge is 2.16. The van der Waals surface area contributed by atoms with E-state index in [1.54, 1.807) is 17.5 Å². The predicted molar refractivity (Wildman–Crippen MR) is 72.5 cm³/mol. The largest absolute Gasteiger partial charge is 0.479 e. The van der Waals surface area contributed by atoms with Crippen LogP contribution in [-0.2, 0) is 0 Å². The molecule has 0 unspecified atom stereocenters. The van der Waals surface area contributed by atoms with E-state index in [0.717, 1.165) is 10.4 Å². The van der Waals surface area contributed by atoms with Crippen LogP contribution in [0, 0.1) is 13.8 Å². The van der Waals surface area contributed by atoms with E-state index in [-0.39, 0.29) is 11.2 Å². The minimum Gasteiger partial charge on any atom is -0.479 e. The normalized spacial score (nSPS) is 11.3. The summed E-state index contributed by atoms with van der Waals surface area (Å²) >= 11 is 5.72. The smallest absolute Gasteiger partial charge is 0.319 e. The highest BCUT2D eigenvalue weighted by Crippen LogP contribution is 2.34. The first-order valence-corrected chi connectivity index (χ1v) is 6.59. The number of aromatic nitrogens is 4. The zero-order chi connectivity index (χ0) is 12.9. The average molecular weight is 278 g/mol. The third-order valence-electron chi connectivity index (χ3n) is 2.87. The standard InChI is InChI=1S/C11H10N4OS2/c1-5-4-18-8(6(5)2)7-3-12-15-9(7)13-10(17)14-11(15)16/h3-4H,1-2H3,(H2,13,14,16,17). The molecule has 0 aliphatic heterocycles. The topological polar surface area (TPSA) is 63.3 Å². The molecule has 3 aromatic heterocycles. The highest BCUT2D eigenvalue weighted by atomic mass is 32.1. The second-order valence-corrected chi connectivity index (χ2v) is 5.27. The van der Waals surface area contributed by atoms with Gasteiger partial charge in [-0.15, -0.1) is 24.0 Å². The fourth-order valence-electron chi connectivity index (χ4n) is 1.78. The lowest BCUT2D eigenvalue weighted by Crippen LogP contribution is -1.95. The van der Waals surface area contributed by atoms with Gasteiger partial charge in [0.05, 0.1) is 11.8 Å². The molecule has 92 valence electrons. The van der Waals surface area contributed by atoms with Crippen molar-refractivity contribution in [2.24, 2.45) is 0 Å². The Morgan fingerprint density at radius 2 is 2.11 bits per heavy atom. The number of nitrogens with zero attached hydrogens (tertiary/aromatic N) is 4. The summed E-state index contributed by atoms with van der Waals surface area (Å²) in [6, 6.07) is -0.206. The van der Waals surface area contributed by atoms with Crippen molar-refractivity contribution in [3.05, 3.63) is 22.7 Å². The van der Waals surface area contributed by atoms with Gasteiger partial charge in [0.15, 0.2) is 10.8 Å². The molecule has 0 fully saturated rings. The van der Waals surface area contributed by atoms with E-state index < -0.39 is 0 Å². The van der Waals surface area contributed by atoms with Crippen molar-refractivity contribution in [3.8, 4) is 16.5 Å². The van der Waals surface area contributed by atoms with E-state index in [2.05, 4.69) is 46.9 Å². The maximum atomic E-state index is 9.69. The highest BCUT2D eigenvalue weighted by molar-refractivity contribution is 7.80. The Kier molecular flexibility index (Phi) is 2.53. The van der Waals surface area contributed by atoms with Gasteiger partial charge < -0.3 is 5.11 Å². The van der Waals surface area contributed by atoms with Crippen molar-refractivity contribution >= 4 is 29.6 Å². The first kappa shape index (κ1) is 11.5. The SMILES string of the molecule is Cc1csc(-c2cnn3c(O)nc(S)nc23)c1C. The summed E-state index contributed by atoms with van der Waals surface area (Å²) in [4.78, 5) is 9.08. The fourth-order valence-corrected chi connectivity index (χ4v) is 3.05. The predicted octanol–water partition coefficient (Wildman–Crippen LogP) is 2.46. The first-order chi connectivity index (χ1) is 8.58. The summed E-state index contributed by atoms with van der Waals surface area (Å²) in [5.74, 6) is 0. The van der Waals surface area contributed by atoms with E-state index in [1.807, 2.05) is 0 Å². The molecule has 3 rings (SSSR count). The van der Waals surface area contributed by atoms with Gasteiger partial charge in [-0.3, -0.25) is 0 Å². The molecule has 0 radical (unpaired) electrons. The summed E-state index contributed by atoms with van der Waals surface area (Å²) in [7, 11) is 0. The van der Waals surface area contributed by atoms with Gasteiger partial charge in [0, 0.05) is 4.88 Å². The number of thiophene rings is 1. The van der Waals surface area contributed by atoms with Crippen LogP contribution in [0.15, 0.2) is 16.7 Å². The molecular formula is C11H10N4OS2. The number of hydrogen-bond acceptors (Lipinski definition) is 6. The molecule has 1 N–H and O–H groups in total. The molecule has 5 nitrogen and oxygen atoms in total. The third-order valence-corrected chi connectivity index (χ3v) is 4.30. The summed E-state index contributed by atoms with van der Waals surface area (Å²) in [5, 5.41) is 16.1. The molecule has 0 saturated carbocycles. The number of rotatable bonds is 1. The zero-order valence-corrected chi connectivity index (χ0v) is 11.5. The molecule has 18 heavy (non-hydrogen) atoms. The van der Waals surface area contributed by atoms with Crippen LogP contribution in [0.1, 0.15) is 11.1 Å². The molecule has 0 spiro atoms. The lowest BCUT2D eigenvalue weighted by molar-refractivity contribution is 0.404. The van der Waals surface area contributed by atoms with Crippen LogP contribution in [-0.4, -0.2) is 24.7 Å². The van der Waals surface area contributed by atoms with Crippen molar-refractivity contribution in [1.29, 1.82) is 0 Å². The molecule has 0 bridgehead atoms. The quantitative estimate of drug-likeness (QED) is 0.671. The van der Waals surface area contributed by atoms with E-state index in [4.69, 9.17) is 0 Å². The monoisotopic (exact) mass is 278 g/mol. The van der Waals surface area contributed by atoms with Gasteiger partial charge in [-0.25, -0.2) is 4.98 Å². The van der Waals surface area contributed by atoms with Gasteiger partial charge in [0.25, 0.3) is 0 Å². The Hall–Kier alpha value is -1.60. The lowest BCUT2D eigenvalue weighted by atomic mass is 10.1. The van der Waals surface area contributed by atoms with Crippen LogP contribution in [0.2, 0.25) is 0 Å². The molecule has 0 amide bonds. The number of thiol groups is 1. The second kappa shape index (κ2) is 3.96. The van der Waals surface area contributed by atoms with Crippen molar-refractivity contribution in [3.63, 3.8) is 0 Å². The Morgan fingerprint density at radius 3 is 2.78 bits per heavy atom. The third kappa shape index (κ3) is 1.58. The maximum Gasteiger partial charge on any atom is 0.319 e. The Morgan fingerprint density at radius 1 is 1.33 bits per heavy atom.